The van der Waals surface area contributed by atoms with Gasteiger partial charge >= 0.3 is 0 Å². The van der Waals surface area contributed by atoms with Crippen molar-refractivity contribution in [3.8, 4) is 11.5 Å². The molecule has 0 aliphatic heterocycles. The van der Waals surface area contributed by atoms with Crippen LogP contribution < -0.4 is 0 Å². The van der Waals surface area contributed by atoms with Gasteiger partial charge in [-0.1, -0.05) is 30.5 Å². The van der Waals surface area contributed by atoms with Crippen molar-refractivity contribution in [2.45, 2.75) is 25.7 Å². The molecule has 2 aromatic heterocycles. The molecule has 1 N–H and O–H groups in total. The molecule has 0 atom stereocenters. The molecule has 1 aliphatic carbocycles. The Morgan fingerprint density at radius 2 is 2.21 bits per heavy atom. The molecule has 0 bridgehead atoms. The zero-order chi connectivity index (χ0) is 12.7. The summed E-state index contributed by atoms with van der Waals surface area (Å²) in [4.78, 5) is 4.47. The Bertz CT molecular complexity index is 712. The summed E-state index contributed by atoms with van der Waals surface area (Å²) in [6.45, 7) is 0. The molecule has 1 aromatic carbocycles. The molecule has 3 aromatic rings. The smallest absolute Gasteiger partial charge is 0.260 e. The average molecular weight is 255 g/mol. The fourth-order valence-corrected chi connectivity index (χ4v) is 2.44. The van der Waals surface area contributed by atoms with Crippen LogP contribution in [-0.2, 0) is 6.42 Å². The number of hydrogen-bond acceptors (Lipinski definition) is 5. The van der Waals surface area contributed by atoms with Gasteiger partial charge in [0.05, 0.1) is 5.56 Å². The van der Waals surface area contributed by atoms with Gasteiger partial charge in [-0.2, -0.15) is 20.4 Å². The van der Waals surface area contributed by atoms with Crippen LogP contribution in [0.5, 0.6) is 0 Å². The first-order valence-corrected chi connectivity index (χ1v) is 6.52. The Morgan fingerprint density at radius 3 is 3.05 bits per heavy atom. The third-order valence-corrected chi connectivity index (χ3v) is 3.74. The molecule has 1 aliphatic rings. The maximum Gasteiger partial charge on any atom is 0.260 e. The topological polar surface area (TPSA) is 80.5 Å². The third kappa shape index (κ3) is 1.80. The molecule has 1 fully saturated rings. The minimum atomic E-state index is 0.522. The Kier molecular flexibility index (Phi) is 2.33. The summed E-state index contributed by atoms with van der Waals surface area (Å²) in [5.41, 5.74) is 2.40. The Balaban J connectivity index is 1.69. The van der Waals surface area contributed by atoms with Crippen molar-refractivity contribution in [3.63, 3.8) is 0 Å². The maximum atomic E-state index is 5.35. The average Bonchev–Trinajstić information content (AvgIpc) is 3.02. The number of aromatic nitrogens is 5. The highest BCUT2D eigenvalue weighted by Gasteiger charge is 2.21. The third-order valence-electron chi connectivity index (χ3n) is 3.74. The summed E-state index contributed by atoms with van der Waals surface area (Å²) in [5, 5.41) is 14.9. The van der Waals surface area contributed by atoms with Gasteiger partial charge < -0.3 is 4.52 Å². The van der Waals surface area contributed by atoms with Crippen LogP contribution in [0, 0.1) is 5.92 Å². The largest absolute Gasteiger partial charge is 0.334 e. The molecule has 0 amide bonds. The second kappa shape index (κ2) is 4.15. The predicted molar refractivity (Wildman–Crippen MR) is 68.2 cm³/mol. The van der Waals surface area contributed by atoms with Crippen molar-refractivity contribution >= 4 is 11.0 Å². The molecule has 0 saturated heterocycles. The molecule has 96 valence electrons. The highest BCUT2D eigenvalue weighted by atomic mass is 16.5. The second-order valence-electron chi connectivity index (χ2n) is 5.01. The van der Waals surface area contributed by atoms with E-state index in [9.17, 15) is 0 Å². The summed E-state index contributed by atoms with van der Waals surface area (Å²) in [6, 6.07) is 5.73. The van der Waals surface area contributed by atoms with E-state index in [2.05, 4.69) is 25.6 Å². The number of nitrogens with one attached hydrogen (secondary N) is 1. The van der Waals surface area contributed by atoms with Crippen LogP contribution in [0.15, 0.2) is 22.7 Å². The normalized spacial score (nSPS) is 15.8. The van der Waals surface area contributed by atoms with E-state index in [-0.39, 0.29) is 0 Å². The molecule has 19 heavy (non-hydrogen) atoms. The number of rotatable bonds is 3. The van der Waals surface area contributed by atoms with Crippen LogP contribution in [0.3, 0.4) is 0 Å². The van der Waals surface area contributed by atoms with Crippen LogP contribution >= 0.6 is 0 Å². The Hall–Kier alpha value is -2.24. The van der Waals surface area contributed by atoms with E-state index in [1.165, 1.54) is 19.3 Å². The van der Waals surface area contributed by atoms with Gasteiger partial charge in [0.15, 0.2) is 5.82 Å². The van der Waals surface area contributed by atoms with E-state index in [0.29, 0.717) is 5.89 Å². The van der Waals surface area contributed by atoms with Crippen LogP contribution in [-0.4, -0.2) is 25.6 Å². The van der Waals surface area contributed by atoms with Crippen molar-refractivity contribution in [2.24, 2.45) is 5.92 Å². The van der Waals surface area contributed by atoms with Crippen LogP contribution in [0.4, 0.5) is 0 Å². The molecule has 0 radical (unpaired) electrons. The quantitative estimate of drug-likeness (QED) is 0.777. The molecular formula is C13H13N5O. The Morgan fingerprint density at radius 1 is 1.26 bits per heavy atom. The van der Waals surface area contributed by atoms with Crippen LogP contribution in [0.2, 0.25) is 0 Å². The number of fused-ring (bicyclic) bond motifs is 1. The molecule has 6 nitrogen and oxygen atoms in total. The van der Waals surface area contributed by atoms with Gasteiger partial charge in [0.2, 0.25) is 0 Å². The summed E-state index contributed by atoms with van der Waals surface area (Å²) in [5.74, 6) is 2.04. The summed E-state index contributed by atoms with van der Waals surface area (Å²) >= 11 is 0. The van der Waals surface area contributed by atoms with Gasteiger partial charge in [0.25, 0.3) is 5.89 Å². The van der Waals surface area contributed by atoms with E-state index in [0.717, 1.165) is 34.8 Å². The highest BCUT2D eigenvalue weighted by molar-refractivity contribution is 5.88. The van der Waals surface area contributed by atoms with E-state index in [1.807, 2.05) is 18.2 Å². The SMILES string of the molecule is c1cc(-c2nc(CC3CCC3)no2)c2n[nH]nc2c1. The lowest BCUT2D eigenvalue weighted by atomic mass is 9.83. The van der Waals surface area contributed by atoms with E-state index in [1.54, 1.807) is 0 Å². The lowest BCUT2D eigenvalue weighted by Gasteiger charge is -2.23. The minimum absolute atomic E-state index is 0.522. The number of para-hydroxylation sites is 1. The van der Waals surface area contributed by atoms with E-state index in [4.69, 9.17) is 4.52 Å². The first kappa shape index (κ1) is 10.7. The fraction of sp³-hybridized carbons (Fsp3) is 0.385. The standard InChI is InChI=1S/C13H13N5O/c1-3-8(4-1)7-11-14-13(19-17-11)9-5-2-6-10-12(9)16-18-15-10/h2,5-6,8H,1,3-4,7H2,(H,15,16,18). The number of H-pyrrole nitrogens is 1. The van der Waals surface area contributed by atoms with Crippen molar-refractivity contribution in [3.05, 3.63) is 24.0 Å². The maximum absolute atomic E-state index is 5.35. The zero-order valence-electron chi connectivity index (χ0n) is 10.3. The van der Waals surface area contributed by atoms with E-state index >= 15 is 0 Å². The van der Waals surface area contributed by atoms with Crippen LogP contribution in [0.1, 0.15) is 25.1 Å². The summed E-state index contributed by atoms with van der Waals surface area (Å²) in [6.07, 6.45) is 4.80. The number of nitrogens with zero attached hydrogens (tertiary/aromatic N) is 4. The lowest BCUT2D eigenvalue weighted by molar-refractivity contribution is 0.304. The first-order chi connectivity index (χ1) is 9.40. The first-order valence-electron chi connectivity index (χ1n) is 6.52. The molecule has 0 spiro atoms. The minimum Gasteiger partial charge on any atom is -0.334 e. The van der Waals surface area contributed by atoms with Crippen molar-refractivity contribution in [1.82, 2.24) is 25.6 Å². The van der Waals surface area contributed by atoms with Gasteiger partial charge in [-0.05, 0) is 18.1 Å². The molecule has 4 rings (SSSR count). The number of aromatic amines is 1. The monoisotopic (exact) mass is 255 g/mol. The van der Waals surface area contributed by atoms with Crippen molar-refractivity contribution < 1.29 is 4.52 Å². The molecule has 0 unspecified atom stereocenters. The van der Waals surface area contributed by atoms with Gasteiger partial charge in [0.1, 0.15) is 11.0 Å². The Labute approximate surface area is 109 Å². The number of benzene rings is 1. The van der Waals surface area contributed by atoms with Gasteiger partial charge in [0, 0.05) is 6.42 Å². The van der Waals surface area contributed by atoms with Crippen LogP contribution in [0.25, 0.3) is 22.5 Å². The molecule has 2 heterocycles. The lowest BCUT2D eigenvalue weighted by Crippen LogP contribution is -2.14. The summed E-state index contributed by atoms with van der Waals surface area (Å²) in [7, 11) is 0. The van der Waals surface area contributed by atoms with Gasteiger partial charge in [-0.15, -0.1) is 0 Å². The molecule has 1 saturated carbocycles. The van der Waals surface area contributed by atoms with Crippen molar-refractivity contribution in [1.29, 1.82) is 0 Å². The number of hydrogen-bond donors (Lipinski definition) is 1. The van der Waals surface area contributed by atoms with E-state index < -0.39 is 0 Å². The zero-order valence-corrected chi connectivity index (χ0v) is 10.3. The predicted octanol–water partition coefficient (Wildman–Crippen LogP) is 2.35. The van der Waals surface area contributed by atoms with Crippen molar-refractivity contribution in [2.75, 3.05) is 0 Å². The molecular weight excluding hydrogens is 242 g/mol. The van der Waals surface area contributed by atoms with Gasteiger partial charge in [-0.25, -0.2) is 0 Å². The second-order valence-corrected chi connectivity index (χ2v) is 5.01. The highest BCUT2D eigenvalue weighted by Crippen LogP contribution is 2.30. The fourth-order valence-electron chi connectivity index (χ4n) is 2.44. The summed E-state index contributed by atoms with van der Waals surface area (Å²) < 4.78 is 5.35. The van der Waals surface area contributed by atoms with Gasteiger partial charge in [-0.3, -0.25) is 0 Å². The molecule has 6 heteroatoms.